The number of nitrogens with zero attached hydrogens (tertiary/aromatic N) is 1. The van der Waals surface area contributed by atoms with E-state index in [9.17, 15) is 9.90 Å². The number of amides is 1. The number of nitrogens with one attached hydrogen (secondary N) is 1. The molecule has 1 heterocycles. The van der Waals surface area contributed by atoms with E-state index in [2.05, 4.69) is 10.3 Å². The van der Waals surface area contributed by atoms with Crippen molar-refractivity contribution in [3.05, 3.63) is 78.0 Å². The molecule has 4 heteroatoms. The zero-order chi connectivity index (χ0) is 16.1. The van der Waals surface area contributed by atoms with Crippen LogP contribution >= 0.6 is 0 Å². The third-order valence-corrected chi connectivity index (χ3v) is 3.76. The molecule has 0 saturated carbocycles. The molecule has 2 aromatic carbocycles. The Kier molecular flexibility index (Phi) is 4.64. The van der Waals surface area contributed by atoms with Crippen molar-refractivity contribution >= 4 is 16.8 Å². The molecular formula is C19H18N2O2. The van der Waals surface area contributed by atoms with Crippen LogP contribution in [0.3, 0.4) is 0 Å². The van der Waals surface area contributed by atoms with Crippen LogP contribution in [0.4, 0.5) is 0 Å². The maximum absolute atomic E-state index is 12.5. The van der Waals surface area contributed by atoms with Gasteiger partial charge >= 0.3 is 0 Å². The molecule has 0 radical (unpaired) electrons. The summed E-state index contributed by atoms with van der Waals surface area (Å²) in [5.41, 5.74) is 2.14. The van der Waals surface area contributed by atoms with Crippen LogP contribution in [0.25, 0.3) is 10.9 Å². The molecule has 0 saturated heterocycles. The molecule has 0 fully saturated rings. The molecule has 2 N–H and O–H groups in total. The highest BCUT2D eigenvalue weighted by molar-refractivity contribution is 5.95. The normalized spacial score (nSPS) is 12.0. The number of fused-ring (bicyclic) bond motifs is 1. The van der Waals surface area contributed by atoms with Gasteiger partial charge in [0.05, 0.1) is 11.6 Å². The SMILES string of the molecule is O=C(NC(CCO)c1ccccc1)c1ccc2ccccc2n1. The number of pyridine rings is 1. The van der Waals surface area contributed by atoms with Gasteiger partial charge in [0, 0.05) is 12.0 Å². The van der Waals surface area contributed by atoms with Crippen molar-refractivity contribution in [2.75, 3.05) is 6.61 Å². The number of carbonyl (C=O) groups excluding carboxylic acids is 1. The molecule has 1 atom stereocenters. The Morgan fingerprint density at radius 2 is 1.74 bits per heavy atom. The topological polar surface area (TPSA) is 62.2 Å². The van der Waals surface area contributed by atoms with Crippen LogP contribution in [0.2, 0.25) is 0 Å². The molecule has 0 aliphatic rings. The number of hydrogen-bond donors (Lipinski definition) is 2. The van der Waals surface area contributed by atoms with Crippen LogP contribution in [0.15, 0.2) is 66.7 Å². The van der Waals surface area contributed by atoms with E-state index in [0.29, 0.717) is 12.1 Å². The summed E-state index contributed by atoms with van der Waals surface area (Å²) in [4.78, 5) is 16.9. The van der Waals surface area contributed by atoms with E-state index in [1.165, 1.54) is 0 Å². The summed E-state index contributed by atoms with van der Waals surface area (Å²) in [6, 6.07) is 20.7. The Bertz CT molecular complexity index is 803. The van der Waals surface area contributed by atoms with Gasteiger partial charge in [-0.3, -0.25) is 4.79 Å². The molecule has 3 aromatic rings. The molecule has 1 aromatic heterocycles. The minimum absolute atomic E-state index is 0.00495. The first kappa shape index (κ1) is 15.2. The fourth-order valence-corrected chi connectivity index (χ4v) is 2.56. The third-order valence-electron chi connectivity index (χ3n) is 3.76. The first-order valence-corrected chi connectivity index (χ1v) is 7.60. The van der Waals surface area contributed by atoms with Gasteiger partial charge in [0.1, 0.15) is 5.69 Å². The van der Waals surface area contributed by atoms with E-state index in [0.717, 1.165) is 16.5 Å². The van der Waals surface area contributed by atoms with Gasteiger partial charge in [0.25, 0.3) is 5.91 Å². The van der Waals surface area contributed by atoms with Crippen LogP contribution in [-0.4, -0.2) is 22.6 Å². The molecule has 4 nitrogen and oxygen atoms in total. The Balaban J connectivity index is 1.82. The smallest absolute Gasteiger partial charge is 0.270 e. The van der Waals surface area contributed by atoms with Crippen LogP contribution in [0, 0.1) is 0 Å². The summed E-state index contributed by atoms with van der Waals surface area (Å²) in [5.74, 6) is -0.238. The van der Waals surface area contributed by atoms with Gasteiger partial charge in [-0.15, -0.1) is 0 Å². The number of benzene rings is 2. The van der Waals surface area contributed by atoms with E-state index < -0.39 is 0 Å². The molecule has 23 heavy (non-hydrogen) atoms. The lowest BCUT2D eigenvalue weighted by Gasteiger charge is -2.18. The average molecular weight is 306 g/mol. The van der Waals surface area contributed by atoms with Gasteiger partial charge in [0.15, 0.2) is 0 Å². The first-order chi connectivity index (χ1) is 11.3. The number of para-hydroxylation sites is 1. The fourth-order valence-electron chi connectivity index (χ4n) is 2.56. The fraction of sp³-hybridized carbons (Fsp3) is 0.158. The maximum atomic E-state index is 12.5. The summed E-state index contributed by atoms with van der Waals surface area (Å²) in [6.45, 7) is 0.00495. The van der Waals surface area contributed by atoms with Crippen molar-refractivity contribution in [1.29, 1.82) is 0 Å². The number of carbonyl (C=O) groups is 1. The number of aliphatic hydroxyl groups is 1. The molecule has 0 aliphatic heterocycles. The van der Waals surface area contributed by atoms with E-state index in [1.807, 2.05) is 60.7 Å². The predicted molar refractivity (Wildman–Crippen MR) is 90.1 cm³/mol. The van der Waals surface area contributed by atoms with Gasteiger partial charge in [0.2, 0.25) is 0 Å². The Labute approximate surface area is 134 Å². The highest BCUT2D eigenvalue weighted by atomic mass is 16.3. The molecule has 3 rings (SSSR count). The summed E-state index contributed by atoms with van der Waals surface area (Å²) in [5, 5.41) is 13.2. The Hall–Kier alpha value is -2.72. The van der Waals surface area contributed by atoms with E-state index in [4.69, 9.17) is 0 Å². The zero-order valence-electron chi connectivity index (χ0n) is 12.6. The van der Waals surface area contributed by atoms with E-state index in [1.54, 1.807) is 6.07 Å². The van der Waals surface area contributed by atoms with Gasteiger partial charge < -0.3 is 10.4 Å². The number of hydrogen-bond acceptors (Lipinski definition) is 3. The largest absolute Gasteiger partial charge is 0.396 e. The van der Waals surface area contributed by atoms with Crippen molar-refractivity contribution in [1.82, 2.24) is 10.3 Å². The minimum atomic E-state index is -0.238. The van der Waals surface area contributed by atoms with Gasteiger partial charge in [-0.1, -0.05) is 54.6 Å². The first-order valence-electron chi connectivity index (χ1n) is 7.60. The van der Waals surface area contributed by atoms with Crippen molar-refractivity contribution in [3.63, 3.8) is 0 Å². The number of aromatic nitrogens is 1. The van der Waals surface area contributed by atoms with Gasteiger partial charge in [-0.25, -0.2) is 4.98 Å². The monoisotopic (exact) mass is 306 g/mol. The summed E-state index contributed by atoms with van der Waals surface area (Å²) in [7, 11) is 0. The molecular weight excluding hydrogens is 288 g/mol. The lowest BCUT2D eigenvalue weighted by atomic mass is 10.0. The van der Waals surface area contributed by atoms with Gasteiger partial charge in [-0.2, -0.15) is 0 Å². The van der Waals surface area contributed by atoms with Crippen LogP contribution in [0.1, 0.15) is 28.5 Å². The molecule has 0 aliphatic carbocycles. The predicted octanol–water partition coefficient (Wildman–Crippen LogP) is 3.09. The van der Waals surface area contributed by atoms with Crippen molar-refractivity contribution in [2.45, 2.75) is 12.5 Å². The molecule has 116 valence electrons. The van der Waals surface area contributed by atoms with Crippen molar-refractivity contribution in [3.8, 4) is 0 Å². The standard InChI is InChI=1S/C19H18N2O2/c22-13-12-17(14-6-2-1-3-7-14)21-19(23)18-11-10-15-8-4-5-9-16(15)20-18/h1-11,17,22H,12-13H2,(H,21,23). The minimum Gasteiger partial charge on any atom is -0.396 e. The Morgan fingerprint density at radius 3 is 2.52 bits per heavy atom. The highest BCUT2D eigenvalue weighted by Crippen LogP contribution is 2.17. The number of aliphatic hydroxyl groups excluding tert-OH is 1. The highest BCUT2D eigenvalue weighted by Gasteiger charge is 2.16. The van der Waals surface area contributed by atoms with Crippen LogP contribution in [0.5, 0.6) is 0 Å². The van der Waals surface area contributed by atoms with E-state index >= 15 is 0 Å². The lowest BCUT2D eigenvalue weighted by molar-refractivity contribution is 0.0925. The second-order valence-electron chi connectivity index (χ2n) is 5.34. The van der Waals surface area contributed by atoms with Gasteiger partial charge in [-0.05, 0) is 24.1 Å². The van der Waals surface area contributed by atoms with Crippen molar-refractivity contribution < 1.29 is 9.90 Å². The maximum Gasteiger partial charge on any atom is 0.270 e. The summed E-state index contributed by atoms with van der Waals surface area (Å²) >= 11 is 0. The summed E-state index contributed by atoms with van der Waals surface area (Å²) < 4.78 is 0. The molecule has 0 spiro atoms. The van der Waals surface area contributed by atoms with E-state index in [-0.39, 0.29) is 18.6 Å². The molecule has 1 amide bonds. The molecule has 0 bridgehead atoms. The zero-order valence-corrected chi connectivity index (χ0v) is 12.6. The summed E-state index contributed by atoms with van der Waals surface area (Å²) in [6.07, 6.45) is 0.462. The van der Waals surface area contributed by atoms with Crippen LogP contribution < -0.4 is 5.32 Å². The van der Waals surface area contributed by atoms with Crippen LogP contribution in [-0.2, 0) is 0 Å². The second-order valence-corrected chi connectivity index (χ2v) is 5.34. The average Bonchev–Trinajstić information content (AvgIpc) is 2.61. The second kappa shape index (κ2) is 7.03. The lowest BCUT2D eigenvalue weighted by Crippen LogP contribution is -2.29. The third kappa shape index (κ3) is 3.55. The number of rotatable bonds is 5. The quantitative estimate of drug-likeness (QED) is 0.761. The molecule has 1 unspecified atom stereocenters. The van der Waals surface area contributed by atoms with Crippen molar-refractivity contribution in [2.24, 2.45) is 0 Å². The Morgan fingerprint density at radius 1 is 1.00 bits per heavy atom.